The molecule has 0 unspecified atom stereocenters. The minimum atomic E-state index is -1.69. The fraction of sp³-hybridized carbons (Fsp3) is 0.474. The zero-order valence-electron chi connectivity index (χ0n) is 16.9. The summed E-state index contributed by atoms with van der Waals surface area (Å²) in [5.74, 6) is -0.275. The fourth-order valence-electron chi connectivity index (χ4n) is 2.59. The molecule has 0 bridgehead atoms. The van der Waals surface area contributed by atoms with Crippen LogP contribution in [0.15, 0.2) is 18.3 Å². The third-order valence-corrected chi connectivity index (χ3v) is 5.43. The number of carbonyl (C=O) groups is 2. The van der Waals surface area contributed by atoms with Crippen molar-refractivity contribution in [3.05, 3.63) is 29.7 Å². The van der Waals surface area contributed by atoms with Gasteiger partial charge in [-0.2, -0.15) is 0 Å². The van der Waals surface area contributed by atoms with Gasteiger partial charge in [0.25, 0.3) is 0 Å². The Morgan fingerprint density at radius 1 is 1.23 bits per heavy atom. The lowest BCUT2D eigenvalue weighted by molar-refractivity contribution is -0.144. The number of halogens is 3. The smallest absolute Gasteiger partial charge is 0.413 e. The first-order valence-corrected chi connectivity index (χ1v) is 11.0. The Morgan fingerprint density at radius 3 is 2.57 bits per heavy atom. The molecule has 30 heavy (non-hydrogen) atoms. The molecule has 0 radical (unpaired) electrons. The number of amides is 1. The molecule has 0 aliphatic rings. The summed E-state index contributed by atoms with van der Waals surface area (Å²) < 4.78 is 8.23. The van der Waals surface area contributed by atoms with Gasteiger partial charge in [-0.25, -0.2) is 9.78 Å². The number of hydrogen-bond acceptors (Lipinski definition) is 7. The van der Waals surface area contributed by atoms with Crippen molar-refractivity contribution in [2.24, 2.45) is 0 Å². The number of rotatable bonds is 7. The molecule has 0 saturated carbocycles. The average Bonchev–Trinajstić information content (AvgIpc) is 2.99. The van der Waals surface area contributed by atoms with Crippen LogP contribution in [-0.2, 0) is 19.7 Å². The van der Waals surface area contributed by atoms with Crippen LogP contribution in [0.25, 0.3) is 10.4 Å². The van der Waals surface area contributed by atoms with E-state index in [0.29, 0.717) is 11.7 Å². The number of esters is 1. The monoisotopic (exact) mass is 493 g/mol. The third-order valence-electron chi connectivity index (χ3n) is 3.98. The van der Waals surface area contributed by atoms with Crippen molar-refractivity contribution in [3.8, 4) is 10.4 Å². The molecule has 0 spiro atoms. The molecule has 2 aromatic rings. The molecule has 0 atom stereocenters. The van der Waals surface area contributed by atoms with Gasteiger partial charge >= 0.3 is 12.1 Å². The highest BCUT2D eigenvalue weighted by Crippen LogP contribution is 2.35. The van der Waals surface area contributed by atoms with Crippen LogP contribution in [0.2, 0.25) is 0 Å². The number of nitrogens with one attached hydrogen (secondary N) is 1. The number of aryl methyl sites for hydroxylation is 1. The molecule has 2 rings (SSSR count). The Morgan fingerprint density at radius 2 is 1.93 bits per heavy atom. The number of anilines is 1. The average molecular weight is 495 g/mol. The molecule has 0 saturated heterocycles. The lowest BCUT2D eigenvalue weighted by Gasteiger charge is -2.23. The SMILES string of the molecule is CCOC(=O)CC(C)(C)c1cc(-c2sc(NC(=O)OCC(Cl)(Cl)Cl)nc2C)ccn1. The van der Waals surface area contributed by atoms with E-state index in [0.717, 1.165) is 21.8 Å². The second-order valence-corrected chi connectivity index (χ2v) is 10.6. The lowest BCUT2D eigenvalue weighted by Crippen LogP contribution is -2.24. The van der Waals surface area contributed by atoms with E-state index in [9.17, 15) is 9.59 Å². The molecule has 0 fully saturated rings. The fourth-order valence-corrected chi connectivity index (χ4v) is 3.71. The second-order valence-electron chi connectivity index (χ2n) is 7.05. The van der Waals surface area contributed by atoms with Crippen LogP contribution in [0.1, 0.15) is 38.6 Å². The zero-order valence-corrected chi connectivity index (χ0v) is 20.0. The lowest BCUT2D eigenvalue weighted by atomic mass is 9.84. The number of alkyl halides is 3. The maximum atomic E-state index is 11.9. The molecule has 164 valence electrons. The quantitative estimate of drug-likeness (QED) is 0.394. The number of thiazole rings is 1. The van der Waals surface area contributed by atoms with E-state index < -0.39 is 15.3 Å². The van der Waals surface area contributed by atoms with Gasteiger partial charge in [-0.1, -0.05) is 60.0 Å². The topological polar surface area (TPSA) is 90.4 Å². The van der Waals surface area contributed by atoms with Crippen LogP contribution >= 0.6 is 46.1 Å². The highest BCUT2D eigenvalue weighted by molar-refractivity contribution is 7.19. The normalized spacial score (nSPS) is 11.8. The van der Waals surface area contributed by atoms with Crippen LogP contribution < -0.4 is 5.32 Å². The summed E-state index contributed by atoms with van der Waals surface area (Å²) in [5.41, 5.74) is 1.83. The Labute approximate surface area is 194 Å². The first-order valence-electron chi connectivity index (χ1n) is 9.02. The number of nitrogens with zero attached hydrogens (tertiary/aromatic N) is 2. The molecule has 7 nitrogen and oxygen atoms in total. The van der Waals surface area contributed by atoms with Crippen LogP contribution in [-0.4, -0.2) is 39.0 Å². The molecule has 0 aromatic carbocycles. The summed E-state index contributed by atoms with van der Waals surface area (Å²) in [4.78, 5) is 33.4. The second kappa shape index (κ2) is 10.1. The summed E-state index contributed by atoms with van der Waals surface area (Å²) in [6.07, 6.45) is 1.12. The number of hydrogen-bond donors (Lipinski definition) is 1. The molecular weight excluding hydrogens is 473 g/mol. The maximum Gasteiger partial charge on any atom is 0.413 e. The van der Waals surface area contributed by atoms with Gasteiger partial charge in [0.2, 0.25) is 3.79 Å². The Balaban J connectivity index is 2.18. The molecule has 11 heteroatoms. The van der Waals surface area contributed by atoms with Gasteiger partial charge in [-0.05, 0) is 31.5 Å². The number of ether oxygens (including phenoxy) is 2. The Bertz CT molecular complexity index is 913. The number of aromatic nitrogens is 2. The molecule has 2 aromatic heterocycles. The zero-order chi connectivity index (χ0) is 22.5. The van der Waals surface area contributed by atoms with Gasteiger partial charge in [0.15, 0.2) is 5.13 Å². The van der Waals surface area contributed by atoms with Gasteiger partial charge in [0, 0.05) is 17.3 Å². The standard InChI is InChI=1S/C19H22Cl3N3O4S/c1-5-28-14(26)9-18(3,4)13-8-12(6-7-23-13)15-11(2)24-16(30-15)25-17(27)29-10-19(20,21)22/h6-8H,5,9-10H2,1-4H3,(H,24,25,27). The van der Waals surface area contributed by atoms with E-state index in [1.807, 2.05) is 32.9 Å². The summed E-state index contributed by atoms with van der Waals surface area (Å²) in [5, 5.41) is 2.87. The molecular formula is C19H22Cl3N3O4S. The van der Waals surface area contributed by atoms with E-state index >= 15 is 0 Å². The van der Waals surface area contributed by atoms with Crippen molar-refractivity contribution < 1.29 is 19.1 Å². The summed E-state index contributed by atoms with van der Waals surface area (Å²) in [6, 6.07) is 3.75. The predicted octanol–water partition coefficient (Wildman–Crippen LogP) is 5.66. The number of carbonyl (C=O) groups excluding carboxylic acids is 2. The summed E-state index contributed by atoms with van der Waals surface area (Å²) >= 11 is 18.0. The Hall–Kier alpha value is -1.61. The van der Waals surface area contributed by atoms with E-state index in [1.165, 1.54) is 11.3 Å². The maximum absolute atomic E-state index is 11.9. The predicted molar refractivity (Wildman–Crippen MR) is 120 cm³/mol. The van der Waals surface area contributed by atoms with E-state index in [1.54, 1.807) is 13.1 Å². The van der Waals surface area contributed by atoms with Crippen molar-refractivity contribution in [3.63, 3.8) is 0 Å². The van der Waals surface area contributed by atoms with Crippen molar-refractivity contribution in [2.75, 3.05) is 18.5 Å². The first-order chi connectivity index (χ1) is 13.9. The highest BCUT2D eigenvalue weighted by atomic mass is 35.6. The van der Waals surface area contributed by atoms with E-state index in [-0.39, 0.29) is 19.0 Å². The number of pyridine rings is 1. The van der Waals surface area contributed by atoms with Crippen LogP contribution in [0.4, 0.5) is 9.93 Å². The minimum Gasteiger partial charge on any atom is -0.466 e. The van der Waals surface area contributed by atoms with Gasteiger partial charge in [0.05, 0.1) is 23.6 Å². The largest absolute Gasteiger partial charge is 0.466 e. The van der Waals surface area contributed by atoms with Crippen LogP contribution in [0.3, 0.4) is 0 Å². The summed E-state index contributed by atoms with van der Waals surface area (Å²) in [6.45, 7) is 7.42. The Kier molecular flexibility index (Phi) is 8.33. The molecule has 0 aliphatic carbocycles. The van der Waals surface area contributed by atoms with Gasteiger partial charge in [-0.3, -0.25) is 15.1 Å². The van der Waals surface area contributed by atoms with Crippen molar-refractivity contribution >= 4 is 63.3 Å². The molecule has 1 N–H and O–H groups in total. The highest BCUT2D eigenvalue weighted by Gasteiger charge is 2.27. The minimum absolute atomic E-state index is 0.209. The third kappa shape index (κ3) is 7.27. The van der Waals surface area contributed by atoms with Gasteiger partial charge < -0.3 is 9.47 Å². The van der Waals surface area contributed by atoms with Gasteiger partial charge in [0.1, 0.15) is 6.61 Å². The van der Waals surface area contributed by atoms with Crippen molar-refractivity contribution in [2.45, 2.75) is 43.3 Å². The van der Waals surface area contributed by atoms with Crippen LogP contribution in [0, 0.1) is 6.92 Å². The molecule has 1 amide bonds. The van der Waals surface area contributed by atoms with Crippen molar-refractivity contribution in [1.82, 2.24) is 9.97 Å². The van der Waals surface area contributed by atoms with E-state index in [4.69, 9.17) is 44.3 Å². The van der Waals surface area contributed by atoms with Crippen LogP contribution in [0.5, 0.6) is 0 Å². The first kappa shape index (κ1) is 24.7. The molecule has 0 aliphatic heterocycles. The molecule has 2 heterocycles. The van der Waals surface area contributed by atoms with Crippen molar-refractivity contribution in [1.29, 1.82) is 0 Å². The van der Waals surface area contributed by atoms with E-state index in [2.05, 4.69) is 15.3 Å². The van der Waals surface area contributed by atoms with Gasteiger partial charge in [-0.15, -0.1) is 0 Å². The summed E-state index contributed by atoms with van der Waals surface area (Å²) in [7, 11) is 0.